The zero-order valence-electron chi connectivity index (χ0n) is 13.5. The number of urea groups is 1. The van der Waals surface area contributed by atoms with Crippen LogP contribution in [0.15, 0.2) is 12.1 Å². The Morgan fingerprint density at radius 3 is 2.56 bits per heavy atom. The number of amides is 2. The van der Waals surface area contributed by atoms with Crippen molar-refractivity contribution in [3.05, 3.63) is 29.3 Å². The highest BCUT2D eigenvalue weighted by Crippen LogP contribution is 2.21. The van der Waals surface area contributed by atoms with E-state index in [0.29, 0.717) is 6.07 Å². The second-order valence-electron chi connectivity index (χ2n) is 5.06. The zero-order valence-corrected chi connectivity index (χ0v) is 13.5. The van der Waals surface area contributed by atoms with E-state index in [1.165, 1.54) is 12.0 Å². The number of esters is 2. The largest absolute Gasteiger partial charge is 0.467 e. The number of carbonyl (C=O) groups excluding carboxylic acids is 3. The van der Waals surface area contributed by atoms with Crippen LogP contribution in [0.4, 0.5) is 19.3 Å². The first-order chi connectivity index (χ1) is 11.9. The molecule has 10 heteroatoms. The number of rotatable bonds is 3. The van der Waals surface area contributed by atoms with E-state index in [-0.39, 0.29) is 19.7 Å². The molecule has 2 amide bonds. The maximum atomic E-state index is 13.9. The van der Waals surface area contributed by atoms with Gasteiger partial charge in [0.05, 0.1) is 38.6 Å². The lowest BCUT2D eigenvalue weighted by Gasteiger charge is -2.31. The molecule has 1 atom stereocenters. The smallest absolute Gasteiger partial charge is 0.340 e. The van der Waals surface area contributed by atoms with Crippen molar-refractivity contribution in [3.8, 4) is 0 Å². The number of nitrogens with one attached hydrogen (secondary N) is 1. The van der Waals surface area contributed by atoms with Gasteiger partial charge in [-0.1, -0.05) is 0 Å². The van der Waals surface area contributed by atoms with Crippen molar-refractivity contribution >= 4 is 23.7 Å². The van der Waals surface area contributed by atoms with Crippen LogP contribution in [0.2, 0.25) is 0 Å². The van der Waals surface area contributed by atoms with E-state index in [4.69, 9.17) is 4.74 Å². The minimum absolute atomic E-state index is 0.0898. The topological polar surface area (TPSA) is 94.2 Å². The fourth-order valence-electron chi connectivity index (χ4n) is 2.21. The van der Waals surface area contributed by atoms with E-state index in [9.17, 15) is 23.2 Å². The first-order valence-corrected chi connectivity index (χ1v) is 7.20. The Kier molecular flexibility index (Phi) is 5.86. The van der Waals surface area contributed by atoms with Crippen LogP contribution in [-0.2, 0) is 19.0 Å². The highest BCUT2D eigenvalue weighted by molar-refractivity contribution is 5.94. The van der Waals surface area contributed by atoms with Gasteiger partial charge in [-0.15, -0.1) is 0 Å². The van der Waals surface area contributed by atoms with Crippen molar-refractivity contribution in [1.82, 2.24) is 4.90 Å². The molecule has 0 spiro atoms. The molecular formula is C15H16F2N2O6. The van der Waals surface area contributed by atoms with Gasteiger partial charge in [-0.3, -0.25) is 0 Å². The Morgan fingerprint density at radius 2 is 1.92 bits per heavy atom. The lowest BCUT2D eigenvalue weighted by atomic mass is 10.1. The first kappa shape index (κ1) is 18.6. The van der Waals surface area contributed by atoms with Crippen LogP contribution >= 0.6 is 0 Å². The lowest BCUT2D eigenvalue weighted by molar-refractivity contribution is -0.158. The fourth-order valence-corrected chi connectivity index (χ4v) is 2.21. The third-order valence-corrected chi connectivity index (χ3v) is 3.52. The standard InChI is InChI=1S/C15H16F2N2O6/c1-23-13(20)8-5-11(10(17)6-9(8)16)18-15(22)19-3-4-25-12(7-19)14(21)24-2/h5-6,12H,3-4,7H2,1-2H3,(H,18,22)/t12-/m1/s1. The molecule has 1 aromatic carbocycles. The summed E-state index contributed by atoms with van der Waals surface area (Å²) < 4.78 is 41.6. The second-order valence-corrected chi connectivity index (χ2v) is 5.06. The number of ether oxygens (including phenoxy) is 3. The summed E-state index contributed by atoms with van der Waals surface area (Å²) in [5.41, 5.74) is -0.915. The number of hydrogen-bond acceptors (Lipinski definition) is 6. The maximum Gasteiger partial charge on any atom is 0.340 e. The third-order valence-electron chi connectivity index (χ3n) is 3.52. The Morgan fingerprint density at radius 1 is 1.20 bits per heavy atom. The van der Waals surface area contributed by atoms with E-state index >= 15 is 0 Å². The third kappa shape index (κ3) is 4.21. The molecule has 1 heterocycles. The van der Waals surface area contributed by atoms with Gasteiger partial charge in [-0.25, -0.2) is 23.2 Å². The Labute approximate surface area is 141 Å². The molecule has 1 saturated heterocycles. The highest BCUT2D eigenvalue weighted by atomic mass is 19.1. The normalized spacial score (nSPS) is 17.0. The number of nitrogens with zero attached hydrogens (tertiary/aromatic N) is 1. The van der Waals surface area contributed by atoms with Gasteiger partial charge in [-0.05, 0) is 6.07 Å². The molecule has 1 fully saturated rings. The molecule has 0 aromatic heterocycles. The SMILES string of the molecule is COC(=O)c1cc(NC(=O)N2CCO[C@@H](C(=O)OC)C2)c(F)cc1F. The number of benzene rings is 1. The number of carbonyl (C=O) groups is 3. The molecule has 1 aliphatic rings. The molecule has 0 aliphatic carbocycles. The molecule has 0 bridgehead atoms. The molecule has 1 aliphatic heterocycles. The number of halogens is 2. The summed E-state index contributed by atoms with van der Waals surface area (Å²) in [5, 5.41) is 2.23. The summed E-state index contributed by atoms with van der Waals surface area (Å²) in [6, 6.07) is 0.573. The van der Waals surface area contributed by atoms with Crippen molar-refractivity contribution in [2.75, 3.05) is 39.2 Å². The summed E-state index contributed by atoms with van der Waals surface area (Å²) in [4.78, 5) is 36.4. The van der Waals surface area contributed by atoms with Crippen LogP contribution < -0.4 is 5.32 Å². The first-order valence-electron chi connectivity index (χ1n) is 7.20. The van der Waals surface area contributed by atoms with Gasteiger partial charge in [0.25, 0.3) is 0 Å². The predicted octanol–water partition coefficient (Wildman–Crippen LogP) is 1.16. The molecule has 25 heavy (non-hydrogen) atoms. The van der Waals surface area contributed by atoms with E-state index < -0.39 is 47.0 Å². The Hall–Kier alpha value is -2.75. The zero-order chi connectivity index (χ0) is 18.6. The van der Waals surface area contributed by atoms with Crippen LogP contribution in [0.1, 0.15) is 10.4 Å². The van der Waals surface area contributed by atoms with Gasteiger partial charge in [0.15, 0.2) is 6.10 Å². The van der Waals surface area contributed by atoms with Crippen molar-refractivity contribution < 1.29 is 37.4 Å². The number of anilines is 1. The Balaban J connectivity index is 2.14. The maximum absolute atomic E-state index is 13.9. The molecule has 1 N–H and O–H groups in total. The van der Waals surface area contributed by atoms with Crippen LogP contribution in [0.5, 0.6) is 0 Å². The van der Waals surface area contributed by atoms with E-state index in [0.717, 1.165) is 13.2 Å². The average molecular weight is 358 g/mol. The van der Waals surface area contributed by atoms with E-state index in [2.05, 4.69) is 14.8 Å². The van der Waals surface area contributed by atoms with Crippen molar-refractivity contribution in [3.63, 3.8) is 0 Å². The van der Waals surface area contributed by atoms with Gasteiger partial charge in [0.2, 0.25) is 0 Å². The molecule has 0 unspecified atom stereocenters. The fraction of sp³-hybridized carbons (Fsp3) is 0.400. The molecule has 8 nitrogen and oxygen atoms in total. The summed E-state index contributed by atoms with van der Waals surface area (Å²) in [7, 11) is 2.23. The van der Waals surface area contributed by atoms with Crippen LogP contribution in [0.25, 0.3) is 0 Å². The van der Waals surface area contributed by atoms with Crippen LogP contribution in [-0.4, -0.2) is 62.9 Å². The van der Waals surface area contributed by atoms with Crippen molar-refractivity contribution in [2.24, 2.45) is 0 Å². The van der Waals surface area contributed by atoms with Gasteiger partial charge >= 0.3 is 18.0 Å². The summed E-state index contributed by atoms with van der Waals surface area (Å²) >= 11 is 0. The van der Waals surface area contributed by atoms with E-state index in [1.54, 1.807) is 0 Å². The minimum Gasteiger partial charge on any atom is -0.467 e. The summed E-state index contributed by atoms with van der Waals surface area (Å²) in [5.74, 6) is -3.82. The average Bonchev–Trinajstić information content (AvgIpc) is 2.62. The summed E-state index contributed by atoms with van der Waals surface area (Å²) in [6.07, 6.45) is -0.951. The Bertz CT molecular complexity index is 697. The van der Waals surface area contributed by atoms with Crippen molar-refractivity contribution in [2.45, 2.75) is 6.10 Å². The quantitative estimate of drug-likeness (QED) is 0.815. The number of hydrogen-bond donors (Lipinski definition) is 1. The molecule has 2 rings (SSSR count). The molecule has 0 saturated carbocycles. The van der Waals surface area contributed by atoms with Crippen LogP contribution in [0.3, 0.4) is 0 Å². The molecule has 1 aromatic rings. The van der Waals surface area contributed by atoms with Gasteiger partial charge < -0.3 is 24.4 Å². The summed E-state index contributed by atoms with van der Waals surface area (Å²) in [6.45, 7) is 0.156. The van der Waals surface area contributed by atoms with Gasteiger partial charge in [-0.2, -0.15) is 0 Å². The molecule has 0 radical (unpaired) electrons. The molecule has 136 valence electrons. The number of methoxy groups -OCH3 is 2. The van der Waals surface area contributed by atoms with Gasteiger partial charge in [0, 0.05) is 12.6 Å². The lowest BCUT2D eigenvalue weighted by Crippen LogP contribution is -2.50. The predicted molar refractivity (Wildman–Crippen MR) is 80.0 cm³/mol. The minimum atomic E-state index is -1.11. The molecular weight excluding hydrogens is 342 g/mol. The van der Waals surface area contributed by atoms with Crippen LogP contribution in [0, 0.1) is 11.6 Å². The van der Waals surface area contributed by atoms with E-state index in [1.807, 2.05) is 0 Å². The van der Waals surface area contributed by atoms with Gasteiger partial charge in [0.1, 0.15) is 11.6 Å². The highest BCUT2D eigenvalue weighted by Gasteiger charge is 2.30. The van der Waals surface area contributed by atoms with Crippen molar-refractivity contribution in [1.29, 1.82) is 0 Å². The monoisotopic (exact) mass is 358 g/mol. The second kappa shape index (κ2) is 7.88. The number of morpholine rings is 1.